The Hall–Kier alpha value is -3.02. The molecule has 0 saturated heterocycles. The fraction of sp³-hybridized carbons (Fsp3) is 0.263. The molecule has 25 heavy (non-hydrogen) atoms. The minimum atomic E-state index is -0.361. The van der Waals surface area contributed by atoms with Crippen LogP contribution >= 0.6 is 0 Å². The number of rotatable bonds is 8. The number of aryl methyl sites for hydroxylation is 1. The van der Waals surface area contributed by atoms with Crippen LogP contribution in [-0.2, 0) is 11.2 Å². The molecule has 1 amide bonds. The van der Waals surface area contributed by atoms with Crippen LogP contribution in [0.1, 0.15) is 24.5 Å². The topological polar surface area (TPSA) is 80.2 Å². The molecule has 0 aromatic heterocycles. The molecule has 0 atom stereocenters. The number of phenols is 1. The lowest BCUT2D eigenvalue weighted by atomic mass is 10.1. The highest BCUT2D eigenvalue weighted by Crippen LogP contribution is 2.25. The molecule has 2 N–H and O–H groups in total. The average molecular weight is 342 g/mol. The van der Waals surface area contributed by atoms with Crippen LogP contribution in [0.3, 0.4) is 0 Å². The predicted octanol–water partition coefficient (Wildman–Crippen LogP) is 2.88. The molecule has 0 saturated carbocycles. The largest absolute Gasteiger partial charge is 0.504 e. The van der Waals surface area contributed by atoms with Gasteiger partial charge in [0, 0.05) is 0 Å². The number of aromatic hydroxyl groups is 1. The number of hydrogen-bond acceptors (Lipinski definition) is 5. The number of phenolic OH excluding ortho intramolecular Hbond substituents is 1. The lowest BCUT2D eigenvalue weighted by molar-refractivity contribution is -0.123. The quantitative estimate of drug-likeness (QED) is 0.571. The van der Waals surface area contributed by atoms with Crippen LogP contribution in [-0.4, -0.2) is 30.9 Å². The molecule has 0 aliphatic heterocycles. The summed E-state index contributed by atoms with van der Waals surface area (Å²) < 4.78 is 10.4. The Bertz CT molecular complexity index is 727. The maximum absolute atomic E-state index is 11.7. The van der Waals surface area contributed by atoms with Crippen LogP contribution < -0.4 is 14.9 Å². The monoisotopic (exact) mass is 342 g/mol. The summed E-state index contributed by atoms with van der Waals surface area (Å²) in [6, 6.07) is 12.4. The Balaban J connectivity index is 1.80. The molecular weight excluding hydrogens is 320 g/mol. The van der Waals surface area contributed by atoms with Crippen molar-refractivity contribution in [3.05, 3.63) is 53.6 Å². The Kier molecular flexibility index (Phi) is 6.83. The van der Waals surface area contributed by atoms with Gasteiger partial charge in [0.05, 0.1) is 13.3 Å². The molecule has 2 aromatic carbocycles. The molecular formula is C19H22N2O4. The molecule has 6 nitrogen and oxygen atoms in total. The first-order valence-electron chi connectivity index (χ1n) is 8.03. The molecule has 2 aromatic rings. The van der Waals surface area contributed by atoms with Crippen molar-refractivity contribution in [1.29, 1.82) is 0 Å². The van der Waals surface area contributed by atoms with Crippen LogP contribution in [0.2, 0.25) is 0 Å². The van der Waals surface area contributed by atoms with Crippen molar-refractivity contribution in [3.8, 4) is 17.2 Å². The van der Waals surface area contributed by atoms with Gasteiger partial charge in [-0.15, -0.1) is 0 Å². The van der Waals surface area contributed by atoms with Gasteiger partial charge in [-0.3, -0.25) is 4.79 Å². The predicted molar refractivity (Wildman–Crippen MR) is 96.3 cm³/mol. The van der Waals surface area contributed by atoms with E-state index in [9.17, 15) is 9.90 Å². The molecule has 0 spiro atoms. The molecule has 0 unspecified atom stereocenters. The van der Waals surface area contributed by atoms with Gasteiger partial charge < -0.3 is 14.6 Å². The molecule has 132 valence electrons. The molecule has 0 radical (unpaired) electrons. The van der Waals surface area contributed by atoms with Crippen molar-refractivity contribution in [1.82, 2.24) is 5.43 Å². The highest BCUT2D eigenvalue weighted by molar-refractivity contribution is 5.83. The van der Waals surface area contributed by atoms with Crippen molar-refractivity contribution in [2.24, 2.45) is 5.10 Å². The second-order valence-corrected chi connectivity index (χ2v) is 5.41. The van der Waals surface area contributed by atoms with Gasteiger partial charge in [0.1, 0.15) is 5.75 Å². The summed E-state index contributed by atoms with van der Waals surface area (Å²) in [5.74, 6) is 0.661. The SMILES string of the molecule is CCCc1ccc(OCC(=O)N/N=C/c2ccc(O)c(OC)c2)cc1. The third-order valence-electron chi connectivity index (χ3n) is 3.44. The second kappa shape index (κ2) is 9.32. The van der Waals surface area contributed by atoms with Gasteiger partial charge in [0.2, 0.25) is 0 Å². The molecule has 0 fully saturated rings. The number of nitrogens with one attached hydrogen (secondary N) is 1. The minimum Gasteiger partial charge on any atom is -0.504 e. The number of methoxy groups -OCH3 is 1. The Morgan fingerprint density at radius 1 is 1.24 bits per heavy atom. The highest BCUT2D eigenvalue weighted by Gasteiger charge is 2.03. The zero-order chi connectivity index (χ0) is 18.1. The van der Waals surface area contributed by atoms with E-state index in [0.29, 0.717) is 17.1 Å². The number of benzene rings is 2. The van der Waals surface area contributed by atoms with Gasteiger partial charge in [-0.05, 0) is 47.9 Å². The van der Waals surface area contributed by atoms with Crippen molar-refractivity contribution in [2.45, 2.75) is 19.8 Å². The number of amides is 1. The smallest absolute Gasteiger partial charge is 0.277 e. The van der Waals surface area contributed by atoms with E-state index < -0.39 is 0 Å². The summed E-state index contributed by atoms with van der Waals surface area (Å²) in [6.07, 6.45) is 3.57. The van der Waals surface area contributed by atoms with E-state index in [-0.39, 0.29) is 18.3 Å². The Labute approximate surface area is 147 Å². The van der Waals surface area contributed by atoms with Crippen LogP contribution in [0, 0.1) is 0 Å². The number of ether oxygens (including phenoxy) is 2. The summed E-state index contributed by atoms with van der Waals surface area (Å²) in [6.45, 7) is 2.01. The van der Waals surface area contributed by atoms with Gasteiger partial charge >= 0.3 is 0 Å². The number of nitrogens with zero attached hydrogens (tertiary/aromatic N) is 1. The molecule has 0 aliphatic rings. The van der Waals surface area contributed by atoms with Crippen LogP contribution in [0.15, 0.2) is 47.6 Å². The van der Waals surface area contributed by atoms with Crippen LogP contribution in [0.4, 0.5) is 0 Å². The standard InChI is InChI=1S/C19H22N2O4/c1-3-4-14-5-8-16(9-6-14)25-13-19(23)21-20-12-15-7-10-17(22)18(11-15)24-2/h5-12,22H,3-4,13H2,1-2H3,(H,21,23)/b20-12+. The van der Waals surface area contributed by atoms with Gasteiger partial charge in [-0.1, -0.05) is 25.5 Å². The second-order valence-electron chi connectivity index (χ2n) is 5.41. The van der Waals surface area contributed by atoms with E-state index in [0.717, 1.165) is 12.8 Å². The molecule has 6 heteroatoms. The average Bonchev–Trinajstić information content (AvgIpc) is 2.63. The lowest BCUT2D eigenvalue weighted by Crippen LogP contribution is -2.24. The Morgan fingerprint density at radius 2 is 2.00 bits per heavy atom. The summed E-state index contributed by atoms with van der Waals surface area (Å²) in [5, 5.41) is 13.4. The summed E-state index contributed by atoms with van der Waals surface area (Å²) in [5.41, 5.74) is 4.31. The van der Waals surface area contributed by atoms with E-state index in [2.05, 4.69) is 17.5 Å². The summed E-state index contributed by atoms with van der Waals surface area (Å²) in [7, 11) is 1.46. The third kappa shape index (κ3) is 5.84. The van der Waals surface area contributed by atoms with E-state index in [1.54, 1.807) is 12.1 Å². The number of carbonyl (C=O) groups is 1. The maximum Gasteiger partial charge on any atom is 0.277 e. The first-order chi connectivity index (χ1) is 12.1. The van der Waals surface area contributed by atoms with E-state index in [1.165, 1.54) is 25.0 Å². The molecule has 0 bridgehead atoms. The first kappa shape index (κ1) is 18.3. The summed E-state index contributed by atoms with van der Waals surface area (Å²) >= 11 is 0. The van der Waals surface area contributed by atoms with Gasteiger partial charge in [-0.25, -0.2) is 5.43 Å². The molecule has 0 heterocycles. The van der Waals surface area contributed by atoms with Gasteiger partial charge in [0.25, 0.3) is 5.91 Å². The van der Waals surface area contributed by atoms with Crippen molar-refractivity contribution in [3.63, 3.8) is 0 Å². The van der Waals surface area contributed by atoms with Gasteiger partial charge in [0.15, 0.2) is 18.1 Å². The highest BCUT2D eigenvalue weighted by atomic mass is 16.5. The minimum absolute atomic E-state index is 0.0436. The van der Waals surface area contributed by atoms with Crippen LogP contribution in [0.25, 0.3) is 0 Å². The fourth-order valence-electron chi connectivity index (χ4n) is 2.18. The van der Waals surface area contributed by atoms with E-state index in [1.807, 2.05) is 24.3 Å². The maximum atomic E-state index is 11.7. The van der Waals surface area contributed by atoms with Gasteiger partial charge in [-0.2, -0.15) is 5.10 Å². The summed E-state index contributed by atoms with van der Waals surface area (Å²) in [4.78, 5) is 11.7. The molecule has 0 aliphatic carbocycles. The fourth-order valence-corrected chi connectivity index (χ4v) is 2.18. The number of carbonyl (C=O) groups excluding carboxylic acids is 1. The zero-order valence-electron chi connectivity index (χ0n) is 14.4. The van der Waals surface area contributed by atoms with Crippen LogP contribution in [0.5, 0.6) is 17.2 Å². The van der Waals surface area contributed by atoms with Crippen molar-refractivity contribution >= 4 is 12.1 Å². The Morgan fingerprint density at radius 3 is 2.68 bits per heavy atom. The van der Waals surface area contributed by atoms with Crippen molar-refractivity contribution in [2.75, 3.05) is 13.7 Å². The number of hydrazone groups is 1. The van der Waals surface area contributed by atoms with E-state index >= 15 is 0 Å². The zero-order valence-corrected chi connectivity index (χ0v) is 14.4. The van der Waals surface area contributed by atoms with Crippen molar-refractivity contribution < 1.29 is 19.4 Å². The first-order valence-corrected chi connectivity index (χ1v) is 8.03. The normalized spacial score (nSPS) is 10.6. The lowest BCUT2D eigenvalue weighted by Gasteiger charge is -2.06. The van der Waals surface area contributed by atoms with E-state index in [4.69, 9.17) is 9.47 Å². The molecule has 2 rings (SSSR count). The number of hydrogen-bond donors (Lipinski definition) is 2. The third-order valence-corrected chi connectivity index (χ3v) is 3.44.